The maximum atomic E-state index is 13.7. The molecule has 5 amide bonds. The lowest BCUT2D eigenvalue weighted by molar-refractivity contribution is -0.138. The predicted octanol–water partition coefficient (Wildman–Crippen LogP) is 2.38. The lowest BCUT2D eigenvalue weighted by atomic mass is 10.0. The second-order valence-corrected chi connectivity index (χ2v) is 13.1. The number of carbonyl (C=O) groups excluding carboxylic acids is 5. The fraction of sp³-hybridized carbons (Fsp3) is 0.528. The first-order valence-corrected chi connectivity index (χ1v) is 16.5. The van der Waals surface area contributed by atoms with Crippen molar-refractivity contribution in [3.05, 3.63) is 59.7 Å². The van der Waals surface area contributed by atoms with Gasteiger partial charge in [-0.05, 0) is 67.0 Å². The van der Waals surface area contributed by atoms with E-state index in [1.165, 1.54) is 4.90 Å². The summed E-state index contributed by atoms with van der Waals surface area (Å²) in [4.78, 5) is 69.3. The first-order chi connectivity index (χ1) is 22.8. The molecule has 0 radical (unpaired) electrons. The van der Waals surface area contributed by atoms with Crippen molar-refractivity contribution in [3.8, 4) is 11.5 Å². The monoisotopic (exact) mass is 665 g/mol. The number of hydrogen-bond acceptors (Lipinski definition) is 7. The van der Waals surface area contributed by atoms with Crippen LogP contribution in [0, 0.1) is 11.8 Å². The van der Waals surface area contributed by atoms with E-state index in [1.54, 1.807) is 45.4 Å². The Kier molecular flexibility index (Phi) is 14.2. The van der Waals surface area contributed by atoms with Gasteiger partial charge < -0.3 is 35.6 Å². The van der Waals surface area contributed by atoms with E-state index in [2.05, 4.69) is 21.3 Å². The van der Waals surface area contributed by atoms with Gasteiger partial charge in [0.1, 0.15) is 29.6 Å². The standard InChI is InChI=1S/C36H51N5O7/c1-22(2)17-29-36(46)39-30(19-26-11-14-27(47-6)15-12-26)35(45)37-24(5)34(44)40-31(23(3)4)20-41(21-32(42)38-29)33(43)16-13-25-9-8-10-28(18-25)48-7/h8-12,14-15,18,22-24,29-31H,13,16-17,19-21H2,1-7H3,(H,37,45)(H,38,42)(H,39,46)(H,40,44)/t24-,29+,30+,31-/m1/s1. The van der Waals surface area contributed by atoms with Crippen molar-refractivity contribution in [1.29, 1.82) is 0 Å². The average Bonchev–Trinajstić information content (AvgIpc) is 3.05. The summed E-state index contributed by atoms with van der Waals surface area (Å²) < 4.78 is 10.5. The zero-order valence-corrected chi connectivity index (χ0v) is 29.1. The van der Waals surface area contributed by atoms with E-state index in [-0.39, 0.29) is 43.7 Å². The molecule has 1 aliphatic rings. The van der Waals surface area contributed by atoms with Crippen LogP contribution in [0.5, 0.6) is 11.5 Å². The van der Waals surface area contributed by atoms with Crippen molar-refractivity contribution in [3.63, 3.8) is 0 Å². The molecule has 0 aromatic heterocycles. The molecule has 4 N–H and O–H groups in total. The minimum absolute atomic E-state index is 0.0322. The molecule has 3 rings (SSSR count). The SMILES string of the molecule is COc1ccc(C[C@@H]2NC(=O)[C@H](CC(C)C)NC(=O)CN(C(=O)CCc3cccc(OC)c3)C[C@H](C(C)C)NC(=O)[C@@H](C)NC2=O)cc1. The zero-order chi connectivity index (χ0) is 35.4. The fourth-order valence-electron chi connectivity index (χ4n) is 5.43. The largest absolute Gasteiger partial charge is 0.497 e. The molecule has 1 saturated heterocycles. The van der Waals surface area contributed by atoms with E-state index < -0.39 is 47.8 Å². The highest BCUT2D eigenvalue weighted by atomic mass is 16.5. The fourth-order valence-corrected chi connectivity index (χ4v) is 5.43. The summed E-state index contributed by atoms with van der Waals surface area (Å²) in [6.45, 7) is 9.00. The third kappa shape index (κ3) is 11.6. The lowest BCUT2D eigenvalue weighted by Crippen LogP contribution is -2.57. The van der Waals surface area contributed by atoms with Gasteiger partial charge in [-0.25, -0.2) is 0 Å². The molecule has 262 valence electrons. The first kappa shape index (κ1) is 37.8. The van der Waals surface area contributed by atoms with Crippen molar-refractivity contribution < 1.29 is 33.4 Å². The zero-order valence-electron chi connectivity index (χ0n) is 29.1. The van der Waals surface area contributed by atoms with E-state index in [9.17, 15) is 24.0 Å². The van der Waals surface area contributed by atoms with Crippen LogP contribution in [0.2, 0.25) is 0 Å². The molecule has 0 aliphatic carbocycles. The van der Waals surface area contributed by atoms with Crippen LogP contribution in [0.4, 0.5) is 0 Å². The van der Waals surface area contributed by atoms with Crippen molar-refractivity contribution in [2.24, 2.45) is 11.8 Å². The Balaban J connectivity index is 1.92. The maximum absolute atomic E-state index is 13.7. The topological polar surface area (TPSA) is 155 Å². The number of nitrogens with one attached hydrogen (secondary N) is 4. The molecule has 0 saturated carbocycles. The molecule has 0 spiro atoms. The second kappa shape index (κ2) is 18.1. The summed E-state index contributed by atoms with van der Waals surface area (Å²) in [6, 6.07) is 11.1. The van der Waals surface area contributed by atoms with Crippen LogP contribution in [0.15, 0.2) is 48.5 Å². The van der Waals surface area contributed by atoms with E-state index in [4.69, 9.17) is 9.47 Å². The molecule has 4 atom stereocenters. The van der Waals surface area contributed by atoms with Crippen LogP contribution in [-0.2, 0) is 36.8 Å². The first-order valence-electron chi connectivity index (χ1n) is 16.5. The van der Waals surface area contributed by atoms with Gasteiger partial charge in [-0.1, -0.05) is 52.0 Å². The van der Waals surface area contributed by atoms with Crippen LogP contribution in [0.25, 0.3) is 0 Å². The average molecular weight is 666 g/mol. The number of amides is 5. The maximum Gasteiger partial charge on any atom is 0.243 e. The van der Waals surface area contributed by atoms with Crippen LogP contribution < -0.4 is 30.7 Å². The third-order valence-electron chi connectivity index (χ3n) is 8.34. The van der Waals surface area contributed by atoms with Crippen LogP contribution in [0.1, 0.15) is 58.6 Å². The van der Waals surface area contributed by atoms with Gasteiger partial charge in [0.15, 0.2) is 0 Å². The van der Waals surface area contributed by atoms with Crippen LogP contribution in [0.3, 0.4) is 0 Å². The summed E-state index contributed by atoms with van der Waals surface area (Å²) in [5.74, 6) is -1.06. The van der Waals surface area contributed by atoms with E-state index in [1.807, 2.05) is 52.0 Å². The quantitative estimate of drug-likeness (QED) is 0.304. The van der Waals surface area contributed by atoms with Gasteiger partial charge in [0.25, 0.3) is 0 Å². The molecule has 48 heavy (non-hydrogen) atoms. The van der Waals surface area contributed by atoms with Gasteiger partial charge in [-0.3, -0.25) is 24.0 Å². The predicted molar refractivity (Wildman–Crippen MR) is 182 cm³/mol. The summed E-state index contributed by atoms with van der Waals surface area (Å²) in [5, 5.41) is 11.4. The number of carbonyl (C=O) groups is 5. The Morgan fingerprint density at radius 1 is 0.812 bits per heavy atom. The van der Waals surface area contributed by atoms with Crippen LogP contribution in [-0.4, -0.2) is 85.9 Å². The molecule has 0 bridgehead atoms. The minimum atomic E-state index is -1.03. The molecule has 12 heteroatoms. The number of methoxy groups -OCH3 is 2. The van der Waals surface area contributed by atoms with Crippen molar-refractivity contribution in [2.75, 3.05) is 27.3 Å². The van der Waals surface area contributed by atoms with Crippen molar-refractivity contribution >= 4 is 29.5 Å². The molecular weight excluding hydrogens is 614 g/mol. The molecule has 0 unspecified atom stereocenters. The normalized spacial score (nSPS) is 21.4. The highest BCUT2D eigenvalue weighted by Gasteiger charge is 2.32. The highest BCUT2D eigenvalue weighted by molar-refractivity contribution is 5.95. The van der Waals surface area contributed by atoms with Gasteiger partial charge in [0.05, 0.1) is 20.8 Å². The lowest BCUT2D eigenvalue weighted by Gasteiger charge is -2.31. The number of aryl methyl sites for hydroxylation is 1. The molecule has 2 aromatic rings. The minimum Gasteiger partial charge on any atom is -0.497 e. The van der Waals surface area contributed by atoms with E-state index in [0.29, 0.717) is 24.3 Å². The number of benzene rings is 2. The van der Waals surface area contributed by atoms with Gasteiger partial charge in [0.2, 0.25) is 29.5 Å². The Morgan fingerprint density at radius 2 is 1.48 bits per heavy atom. The molecular formula is C36H51N5O7. The number of ether oxygens (including phenoxy) is 2. The van der Waals surface area contributed by atoms with Gasteiger partial charge in [-0.2, -0.15) is 0 Å². The number of hydrogen-bond donors (Lipinski definition) is 4. The van der Waals surface area contributed by atoms with E-state index in [0.717, 1.165) is 11.1 Å². The summed E-state index contributed by atoms with van der Waals surface area (Å²) in [5.41, 5.74) is 1.67. The highest BCUT2D eigenvalue weighted by Crippen LogP contribution is 2.16. The van der Waals surface area contributed by atoms with Crippen molar-refractivity contribution in [1.82, 2.24) is 26.2 Å². The second-order valence-electron chi connectivity index (χ2n) is 13.1. The Morgan fingerprint density at radius 3 is 2.10 bits per heavy atom. The smallest absolute Gasteiger partial charge is 0.243 e. The van der Waals surface area contributed by atoms with Gasteiger partial charge in [-0.15, -0.1) is 0 Å². The van der Waals surface area contributed by atoms with Crippen molar-refractivity contribution in [2.45, 2.75) is 84.5 Å². The van der Waals surface area contributed by atoms with Crippen LogP contribution >= 0.6 is 0 Å². The third-order valence-corrected chi connectivity index (χ3v) is 8.34. The Labute approximate surface area is 283 Å². The summed E-state index contributed by atoms with van der Waals surface area (Å²) >= 11 is 0. The summed E-state index contributed by atoms with van der Waals surface area (Å²) in [6.07, 6.45) is 0.990. The molecule has 1 fully saturated rings. The molecule has 12 nitrogen and oxygen atoms in total. The van der Waals surface area contributed by atoms with E-state index >= 15 is 0 Å². The Bertz CT molecular complexity index is 1410. The molecule has 1 heterocycles. The van der Waals surface area contributed by atoms with Gasteiger partial charge >= 0.3 is 0 Å². The Hall–Kier alpha value is -4.61. The molecule has 2 aromatic carbocycles. The molecule has 1 aliphatic heterocycles. The number of rotatable bonds is 10. The number of nitrogens with zero attached hydrogens (tertiary/aromatic N) is 1. The summed E-state index contributed by atoms with van der Waals surface area (Å²) in [7, 11) is 3.13. The van der Waals surface area contributed by atoms with Gasteiger partial charge in [0, 0.05) is 25.4 Å².